The highest BCUT2D eigenvalue weighted by Crippen LogP contribution is 2.24. The van der Waals surface area contributed by atoms with E-state index in [1.165, 1.54) is 5.57 Å². The molecule has 0 bridgehead atoms. The number of rotatable bonds is 6. The number of hydrogen-bond acceptors (Lipinski definition) is 5. The molecule has 0 amide bonds. The summed E-state index contributed by atoms with van der Waals surface area (Å²) in [5, 5.41) is 22.6. The number of aromatic nitrogens is 1. The van der Waals surface area contributed by atoms with Crippen molar-refractivity contribution in [2.24, 2.45) is 0 Å². The number of nitrogens with one attached hydrogen (secondary N) is 1. The Balaban J connectivity index is 2.08. The standard InChI is InChI=1S/C13H15N3O4/c17-13(18)10-5-6-11(16(19)20)12(15-10)14-8-7-9-3-1-2-4-9/h3,5-6H,1-2,4,7-8H2,(H,14,15)(H,17,18). The van der Waals surface area contributed by atoms with Gasteiger partial charge in [0.05, 0.1) is 4.92 Å². The molecule has 2 rings (SSSR count). The monoisotopic (exact) mass is 277 g/mol. The molecule has 1 aromatic rings. The lowest BCUT2D eigenvalue weighted by molar-refractivity contribution is -0.384. The zero-order chi connectivity index (χ0) is 14.5. The van der Waals surface area contributed by atoms with E-state index in [0.29, 0.717) is 6.54 Å². The average Bonchev–Trinajstić information content (AvgIpc) is 2.91. The molecule has 0 saturated carbocycles. The van der Waals surface area contributed by atoms with Crippen molar-refractivity contribution in [2.75, 3.05) is 11.9 Å². The topological polar surface area (TPSA) is 105 Å². The van der Waals surface area contributed by atoms with Crippen molar-refractivity contribution in [1.29, 1.82) is 0 Å². The van der Waals surface area contributed by atoms with Crippen molar-refractivity contribution in [3.8, 4) is 0 Å². The van der Waals surface area contributed by atoms with Crippen LogP contribution in [0.2, 0.25) is 0 Å². The van der Waals surface area contributed by atoms with Crippen molar-refractivity contribution in [1.82, 2.24) is 4.98 Å². The minimum absolute atomic E-state index is 0.00787. The zero-order valence-corrected chi connectivity index (χ0v) is 10.8. The number of hydrogen-bond donors (Lipinski definition) is 2. The maximum Gasteiger partial charge on any atom is 0.354 e. The molecule has 1 aliphatic rings. The minimum atomic E-state index is -1.21. The lowest BCUT2D eigenvalue weighted by Crippen LogP contribution is -2.10. The quantitative estimate of drug-likeness (QED) is 0.470. The highest BCUT2D eigenvalue weighted by atomic mass is 16.6. The number of anilines is 1. The van der Waals surface area contributed by atoms with Crippen LogP contribution in [0.3, 0.4) is 0 Å². The molecule has 0 fully saturated rings. The van der Waals surface area contributed by atoms with E-state index in [2.05, 4.69) is 16.4 Å². The molecule has 0 aromatic carbocycles. The molecule has 0 radical (unpaired) electrons. The number of pyridine rings is 1. The van der Waals surface area contributed by atoms with Crippen LogP contribution in [0.5, 0.6) is 0 Å². The fraction of sp³-hybridized carbons (Fsp3) is 0.385. The minimum Gasteiger partial charge on any atom is -0.477 e. The summed E-state index contributed by atoms with van der Waals surface area (Å²) in [6.07, 6.45) is 6.27. The zero-order valence-electron chi connectivity index (χ0n) is 10.8. The lowest BCUT2D eigenvalue weighted by Gasteiger charge is -2.07. The van der Waals surface area contributed by atoms with Crippen molar-refractivity contribution in [2.45, 2.75) is 25.7 Å². The van der Waals surface area contributed by atoms with Crippen molar-refractivity contribution in [3.63, 3.8) is 0 Å². The van der Waals surface area contributed by atoms with Crippen LogP contribution in [0, 0.1) is 10.1 Å². The van der Waals surface area contributed by atoms with Gasteiger partial charge in [0.2, 0.25) is 5.82 Å². The van der Waals surface area contributed by atoms with Crippen molar-refractivity contribution >= 4 is 17.5 Å². The number of nitro groups is 1. The van der Waals surface area contributed by atoms with Crippen LogP contribution in [0.4, 0.5) is 11.5 Å². The highest BCUT2D eigenvalue weighted by molar-refractivity contribution is 5.86. The van der Waals surface area contributed by atoms with Gasteiger partial charge in [0.15, 0.2) is 5.69 Å². The predicted molar refractivity (Wildman–Crippen MR) is 72.9 cm³/mol. The summed E-state index contributed by atoms with van der Waals surface area (Å²) in [4.78, 5) is 24.9. The molecule has 7 heteroatoms. The predicted octanol–water partition coefficient (Wildman–Crippen LogP) is 2.60. The van der Waals surface area contributed by atoms with E-state index >= 15 is 0 Å². The van der Waals surface area contributed by atoms with Gasteiger partial charge in [0.1, 0.15) is 0 Å². The largest absolute Gasteiger partial charge is 0.477 e. The Bertz CT molecular complexity index is 569. The van der Waals surface area contributed by atoms with Gasteiger partial charge < -0.3 is 10.4 Å². The lowest BCUT2D eigenvalue weighted by atomic mass is 10.2. The fourth-order valence-corrected chi connectivity index (χ4v) is 2.15. The van der Waals surface area contributed by atoms with Gasteiger partial charge in [-0.25, -0.2) is 9.78 Å². The summed E-state index contributed by atoms with van der Waals surface area (Å²) >= 11 is 0. The van der Waals surface area contributed by atoms with E-state index in [1.807, 2.05) is 0 Å². The first-order valence-corrected chi connectivity index (χ1v) is 6.38. The van der Waals surface area contributed by atoms with Crippen LogP contribution in [-0.2, 0) is 0 Å². The molecular weight excluding hydrogens is 262 g/mol. The van der Waals surface area contributed by atoms with Gasteiger partial charge in [-0.1, -0.05) is 11.6 Å². The van der Waals surface area contributed by atoms with Gasteiger partial charge in [-0.05, 0) is 31.7 Å². The summed E-state index contributed by atoms with van der Waals surface area (Å²) < 4.78 is 0. The molecule has 0 unspecified atom stereocenters. The number of carboxylic acid groups (broad SMARTS) is 1. The van der Waals surface area contributed by atoms with E-state index in [0.717, 1.165) is 37.8 Å². The summed E-state index contributed by atoms with van der Waals surface area (Å²) in [6.45, 7) is 0.503. The number of nitrogens with zero attached hydrogens (tertiary/aromatic N) is 2. The van der Waals surface area contributed by atoms with Crippen LogP contribution in [0.25, 0.3) is 0 Å². The van der Waals surface area contributed by atoms with E-state index in [9.17, 15) is 14.9 Å². The first kappa shape index (κ1) is 14.0. The summed E-state index contributed by atoms with van der Waals surface area (Å²) in [7, 11) is 0. The van der Waals surface area contributed by atoms with E-state index in [1.54, 1.807) is 0 Å². The first-order chi connectivity index (χ1) is 9.58. The molecule has 0 spiro atoms. The Morgan fingerprint density at radius 3 is 2.90 bits per heavy atom. The first-order valence-electron chi connectivity index (χ1n) is 6.38. The highest BCUT2D eigenvalue weighted by Gasteiger charge is 2.18. The molecule has 106 valence electrons. The third kappa shape index (κ3) is 3.31. The van der Waals surface area contributed by atoms with Crippen LogP contribution in [0.1, 0.15) is 36.2 Å². The Morgan fingerprint density at radius 2 is 2.30 bits per heavy atom. The van der Waals surface area contributed by atoms with E-state index in [-0.39, 0.29) is 17.2 Å². The molecule has 1 aliphatic carbocycles. The Kier molecular flexibility index (Phi) is 4.29. The normalized spacial score (nSPS) is 13.9. The maximum absolute atomic E-state index is 10.9. The molecule has 0 saturated heterocycles. The molecule has 0 aliphatic heterocycles. The smallest absolute Gasteiger partial charge is 0.354 e. The third-order valence-electron chi connectivity index (χ3n) is 3.16. The third-order valence-corrected chi connectivity index (χ3v) is 3.16. The van der Waals surface area contributed by atoms with Crippen LogP contribution in [0.15, 0.2) is 23.8 Å². The van der Waals surface area contributed by atoms with Gasteiger partial charge in [-0.3, -0.25) is 10.1 Å². The Morgan fingerprint density at radius 1 is 1.50 bits per heavy atom. The van der Waals surface area contributed by atoms with Gasteiger partial charge in [-0.15, -0.1) is 0 Å². The van der Waals surface area contributed by atoms with E-state index < -0.39 is 10.9 Å². The average molecular weight is 277 g/mol. The molecule has 0 atom stereocenters. The fourth-order valence-electron chi connectivity index (χ4n) is 2.15. The summed E-state index contributed by atoms with van der Waals surface area (Å²) in [5.41, 5.74) is 0.906. The van der Waals surface area contributed by atoms with Gasteiger partial charge in [0.25, 0.3) is 0 Å². The second kappa shape index (κ2) is 6.14. The molecule has 1 heterocycles. The second-order valence-electron chi connectivity index (χ2n) is 4.56. The number of carbonyl (C=O) groups is 1. The Hall–Kier alpha value is -2.44. The number of allylic oxidation sites excluding steroid dienone is 1. The molecule has 7 nitrogen and oxygen atoms in total. The van der Waals surface area contributed by atoms with Crippen molar-refractivity contribution < 1.29 is 14.8 Å². The Labute approximate surface area is 115 Å². The van der Waals surface area contributed by atoms with Crippen molar-refractivity contribution in [3.05, 3.63) is 39.6 Å². The molecular formula is C13H15N3O4. The van der Waals surface area contributed by atoms with Crippen LogP contribution < -0.4 is 5.32 Å². The van der Waals surface area contributed by atoms with Crippen LogP contribution >= 0.6 is 0 Å². The van der Waals surface area contributed by atoms with Gasteiger partial charge in [0, 0.05) is 12.6 Å². The molecule has 1 aromatic heterocycles. The van der Waals surface area contributed by atoms with Gasteiger partial charge in [-0.2, -0.15) is 0 Å². The summed E-state index contributed by atoms with van der Waals surface area (Å²) in [6, 6.07) is 2.29. The van der Waals surface area contributed by atoms with Crippen LogP contribution in [-0.4, -0.2) is 27.5 Å². The number of carboxylic acids is 1. The molecule has 2 N–H and O–H groups in total. The SMILES string of the molecule is O=C(O)c1ccc([N+](=O)[O-])c(NCCC2=CCCC2)n1. The molecule has 20 heavy (non-hydrogen) atoms. The second-order valence-corrected chi connectivity index (χ2v) is 4.56. The maximum atomic E-state index is 10.9. The number of aromatic carboxylic acids is 1. The summed E-state index contributed by atoms with van der Waals surface area (Å²) in [5.74, 6) is -1.20. The van der Waals surface area contributed by atoms with Gasteiger partial charge >= 0.3 is 11.7 Å². The van der Waals surface area contributed by atoms with E-state index in [4.69, 9.17) is 5.11 Å².